The molecule has 0 radical (unpaired) electrons. The van der Waals surface area contributed by atoms with E-state index in [-0.39, 0.29) is 0 Å². The van der Waals surface area contributed by atoms with E-state index < -0.39 is 0 Å². The number of rotatable bonds is 4. The fraction of sp³-hybridized carbons (Fsp3) is 0. The van der Waals surface area contributed by atoms with Crippen molar-refractivity contribution < 1.29 is 0 Å². The van der Waals surface area contributed by atoms with E-state index in [2.05, 4.69) is 202 Å². The average molecular weight is 650 g/mol. The molecule has 0 saturated heterocycles. The van der Waals surface area contributed by atoms with Gasteiger partial charge in [0.25, 0.3) is 0 Å². The van der Waals surface area contributed by atoms with Gasteiger partial charge in [-0.15, -0.1) is 0 Å². The molecule has 0 saturated carbocycles. The molecule has 0 bridgehead atoms. The second-order valence-electron chi connectivity index (χ2n) is 13.3. The maximum atomic E-state index is 2.47. The Balaban J connectivity index is 1.17. The van der Waals surface area contributed by atoms with Crippen LogP contribution in [0, 0.1) is 0 Å². The van der Waals surface area contributed by atoms with Gasteiger partial charge in [0.05, 0.1) is 33.1 Å². The first-order valence-corrected chi connectivity index (χ1v) is 17.5. The van der Waals surface area contributed by atoms with Gasteiger partial charge in [0, 0.05) is 54.9 Å². The van der Waals surface area contributed by atoms with Crippen LogP contribution in [0.1, 0.15) is 0 Å². The second-order valence-corrected chi connectivity index (χ2v) is 13.3. The Labute approximate surface area is 294 Å². The van der Waals surface area contributed by atoms with Crippen LogP contribution in [0.3, 0.4) is 0 Å². The fourth-order valence-corrected chi connectivity index (χ4v) is 8.52. The Hall–Kier alpha value is -6.84. The van der Waals surface area contributed by atoms with Crippen LogP contribution in [-0.2, 0) is 0 Å². The summed E-state index contributed by atoms with van der Waals surface area (Å²) in [7, 11) is 0. The molecule has 3 aromatic heterocycles. The van der Waals surface area contributed by atoms with Gasteiger partial charge < -0.3 is 13.7 Å². The first-order chi connectivity index (χ1) is 25.3. The molecule has 3 heterocycles. The van der Waals surface area contributed by atoms with Crippen molar-refractivity contribution in [1.29, 1.82) is 0 Å². The molecule has 3 heteroatoms. The van der Waals surface area contributed by atoms with E-state index in [1.54, 1.807) is 0 Å². The highest BCUT2D eigenvalue weighted by atomic mass is 15.0. The fourth-order valence-electron chi connectivity index (χ4n) is 8.52. The van der Waals surface area contributed by atoms with E-state index in [0.717, 1.165) is 17.1 Å². The normalized spacial score (nSPS) is 11.9. The third-order valence-corrected chi connectivity index (χ3v) is 10.6. The van der Waals surface area contributed by atoms with Crippen molar-refractivity contribution in [3.63, 3.8) is 0 Å². The van der Waals surface area contributed by atoms with Crippen LogP contribution in [0.15, 0.2) is 188 Å². The molecule has 0 fully saturated rings. The maximum Gasteiger partial charge on any atom is 0.0641 e. The van der Waals surface area contributed by atoms with Gasteiger partial charge in [-0.1, -0.05) is 127 Å². The topological polar surface area (TPSA) is 14.8 Å². The molecule has 0 N–H and O–H groups in total. The molecule has 238 valence electrons. The number of fused-ring (bicyclic) bond motifs is 10. The highest BCUT2D eigenvalue weighted by molar-refractivity contribution is 6.26. The summed E-state index contributed by atoms with van der Waals surface area (Å²) >= 11 is 0. The number of aromatic nitrogens is 3. The van der Waals surface area contributed by atoms with E-state index in [1.165, 1.54) is 76.5 Å². The summed E-state index contributed by atoms with van der Waals surface area (Å²) in [6, 6.07) is 68.3. The minimum Gasteiger partial charge on any atom is -0.309 e. The van der Waals surface area contributed by atoms with E-state index in [9.17, 15) is 0 Å². The summed E-state index contributed by atoms with van der Waals surface area (Å²) < 4.78 is 7.29. The van der Waals surface area contributed by atoms with Gasteiger partial charge in [0.2, 0.25) is 0 Å². The van der Waals surface area contributed by atoms with Gasteiger partial charge in [-0.05, 0) is 66.2 Å². The van der Waals surface area contributed by atoms with Crippen LogP contribution in [0.2, 0.25) is 0 Å². The molecule has 0 aliphatic heterocycles. The molecule has 0 atom stereocenters. The van der Waals surface area contributed by atoms with Crippen molar-refractivity contribution in [2.75, 3.05) is 0 Å². The second kappa shape index (κ2) is 10.8. The molecular weight excluding hydrogens is 619 g/mol. The van der Waals surface area contributed by atoms with Crippen LogP contribution >= 0.6 is 0 Å². The molecule has 0 amide bonds. The Morgan fingerprint density at radius 1 is 0.255 bits per heavy atom. The number of para-hydroxylation sites is 6. The van der Waals surface area contributed by atoms with Gasteiger partial charge >= 0.3 is 0 Å². The molecular formula is C48H31N3. The molecule has 51 heavy (non-hydrogen) atoms. The Morgan fingerprint density at radius 3 is 1.37 bits per heavy atom. The van der Waals surface area contributed by atoms with Crippen molar-refractivity contribution in [2.24, 2.45) is 0 Å². The lowest BCUT2D eigenvalue weighted by Crippen LogP contribution is -1.96. The van der Waals surface area contributed by atoms with Crippen LogP contribution in [0.4, 0.5) is 0 Å². The van der Waals surface area contributed by atoms with Crippen LogP contribution in [0.5, 0.6) is 0 Å². The lowest BCUT2D eigenvalue weighted by molar-refractivity contribution is 1.17. The van der Waals surface area contributed by atoms with Gasteiger partial charge in [0.1, 0.15) is 0 Å². The third kappa shape index (κ3) is 4.00. The van der Waals surface area contributed by atoms with Gasteiger partial charge in [0.15, 0.2) is 0 Å². The van der Waals surface area contributed by atoms with E-state index in [0.29, 0.717) is 0 Å². The summed E-state index contributed by atoms with van der Waals surface area (Å²) in [5.41, 5.74) is 13.2. The summed E-state index contributed by atoms with van der Waals surface area (Å²) in [5.74, 6) is 0. The number of benzene rings is 8. The lowest BCUT2D eigenvalue weighted by Gasteiger charge is -2.13. The summed E-state index contributed by atoms with van der Waals surface area (Å²) in [4.78, 5) is 0. The molecule has 0 aliphatic rings. The Bertz CT molecular complexity index is 3110. The molecule has 11 rings (SSSR count). The Kier molecular flexibility index (Phi) is 5.96. The summed E-state index contributed by atoms with van der Waals surface area (Å²) in [6.07, 6.45) is 0. The first kappa shape index (κ1) is 28.0. The molecule has 8 aromatic carbocycles. The monoisotopic (exact) mass is 649 g/mol. The van der Waals surface area contributed by atoms with Crippen LogP contribution in [0.25, 0.3) is 93.6 Å². The van der Waals surface area contributed by atoms with E-state index >= 15 is 0 Å². The smallest absolute Gasteiger partial charge is 0.0641 e. The average Bonchev–Trinajstić information content (AvgIpc) is 3.84. The molecule has 0 unspecified atom stereocenters. The van der Waals surface area contributed by atoms with Gasteiger partial charge in [-0.3, -0.25) is 0 Å². The largest absolute Gasteiger partial charge is 0.309 e. The SMILES string of the molecule is c1ccc(-n2c3ccccc3c3c2ccc2c4ccccc4n(-c4ccc(-c5cccc6c7ccccc7n(-c7ccccc7)c56)cc4)c23)cc1. The predicted molar refractivity (Wildman–Crippen MR) is 215 cm³/mol. The number of nitrogens with zero attached hydrogens (tertiary/aromatic N) is 3. The summed E-state index contributed by atoms with van der Waals surface area (Å²) in [6.45, 7) is 0. The van der Waals surface area contributed by atoms with E-state index in [4.69, 9.17) is 0 Å². The first-order valence-electron chi connectivity index (χ1n) is 17.5. The third-order valence-electron chi connectivity index (χ3n) is 10.6. The maximum absolute atomic E-state index is 2.47. The van der Waals surface area contributed by atoms with Crippen molar-refractivity contribution in [2.45, 2.75) is 0 Å². The number of hydrogen-bond donors (Lipinski definition) is 0. The summed E-state index contributed by atoms with van der Waals surface area (Å²) in [5, 5.41) is 7.56. The number of hydrogen-bond acceptors (Lipinski definition) is 0. The predicted octanol–water partition coefficient (Wildman–Crippen LogP) is 12.6. The zero-order valence-electron chi connectivity index (χ0n) is 27.7. The zero-order chi connectivity index (χ0) is 33.5. The minimum absolute atomic E-state index is 1.14. The highest BCUT2D eigenvalue weighted by Gasteiger charge is 2.21. The van der Waals surface area contributed by atoms with Crippen molar-refractivity contribution in [3.05, 3.63) is 188 Å². The van der Waals surface area contributed by atoms with Gasteiger partial charge in [-0.25, -0.2) is 0 Å². The lowest BCUT2D eigenvalue weighted by atomic mass is 10.0. The highest BCUT2D eigenvalue weighted by Crippen LogP contribution is 2.43. The molecule has 0 spiro atoms. The van der Waals surface area contributed by atoms with Crippen LogP contribution < -0.4 is 0 Å². The Morgan fingerprint density at radius 2 is 0.725 bits per heavy atom. The molecule has 0 aliphatic carbocycles. The standard InChI is InChI=1S/C48H31N3/c1-3-14-33(15-4-1)49-44-25-12-9-20-41(44)46-45(49)31-30-40-38-19-8-11-24-43(38)51(48(40)46)35-28-26-32(27-29-35)36-21-13-22-39-37-18-7-10-23-42(37)50(47(36)39)34-16-5-2-6-17-34/h1-31H. The van der Waals surface area contributed by atoms with Gasteiger partial charge in [-0.2, -0.15) is 0 Å². The van der Waals surface area contributed by atoms with Crippen LogP contribution in [-0.4, -0.2) is 13.7 Å². The van der Waals surface area contributed by atoms with E-state index in [1.807, 2.05) is 0 Å². The van der Waals surface area contributed by atoms with Crippen molar-refractivity contribution >= 4 is 65.4 Å². The minimum atomic E-state index is 1.14. The zero-order valence-corrected chi connectivity index (χ0v) is 27.7. The van der Waals surface area contributed by atoms with Crippen molar-refractivity contribution in [1.82, 2.24) is 13.7 Å². The molecule has 3 nitrogen and oxygen atoms in total. The van der Waals surface area contributed by atoms with Crippen molar-refractivity contribution in [3.8, 4) is 28.2 Å². The quantitative estimate of drug-likeness (QED) is 0.180. The molecule has 11 aromatic rings.